The zero-order valence-corrected chi connectivity index (χ0v) is 24.6. The molecule has 0 unspecified atom stereocenters. The summed E-state index contributed by atoms with van der Waals surface area (Å²) in [6, 6.07) is 17.3. The molecule has 11 heteroatoms. The fourth-order valence-electron chi connectivity index (χ4n) is 3.76. The quantitative estimate of drug-likeness (QED) is 0.319. The van der Waals surface area contributed by atoms with Crippen LogP contribution in [0.4, 0.5) is 5.69 Å². The van der Waals surface area contributed by atoms with Crippen LogP contribution in [0.3, 0.4) is 0 Å². The zero-order chi connectivity index (χ0) is 28.0. The Labute approximate surface area is 238 Å². The predicted octanol–water partition coefficient (Wildman–Crippen LogP) is 5.38. The van der Waals surface area contributed by atoms with E-state index in [-0.39, 0.29) is 11.4 Å². The molecule has 1 atom stereocenters. The van der Waals surface area contributed by atoms with Crippen LogP contribution in [0.5, 0.6) is 0 Å². The van der Waals surface area contributed by atoms with Gasteiger partial charge in [-0.15, -0.1) is 11.8 Å². The van der Waals surface area contributed by atoms with Gasteiger partial charge in [-0.3, -0.25) is 13.9 Å². The lowest BCUT2D eigenvalue weighted by Gasteiger charge is -2.32. The summed E-state index contributed by atoms with van der Waals surface area (Å²) in [5.74, 6) is -1.01. The Bertz CT molecular complexity index is 1380. The van der Waals surface area contributed by atoms with Crippen molar-refractivity contribution in [1.29, 1.82) is 0 Å². The van der Waals surface area contributed by atoms with Crippen molar-refractivity contribution in [3.8, 4) is 0 Å². The van der Waals surface area contributed by atoms with Crippen molar-refractivity contribution in [2.24, 2.45) is 0 Å². The average Bonchev–Trinajstić information content (AvgIpc) is 2.91. The molecule has 2 amide bonds. The minimum Gasteiger partial charge on any atom is -0.357 e. The number of benzene rings is 3. The smallest absolute Gasteiger partial charge is 0.264 e. The van der Waals surface area contributed by atoms with E-state index in [0.29, 0.717) is 21.3 Å². The van der Waals surface area contributed by atoms with Gasteiger partial charge in [0, 0.05) is 34.1 Å². The van der Waals surface area contributed by atoms with Gasteiger partial charge in [0.05, 0.1) is 10.6 Å². The fraction of sp³-hybridized carbons (Fsp3) is 0.259. The first-order valence-corrected chi connectivity index (χ1v) is 15.1. The van der Waals surface area contributed by atoms with E-state index in [4.69, 9.17) is 23.2 Å². The fourth-order valence-corrected chi connectivity index (χ4v) is 6.10. The summed E-state index contributed by atoms with van der Waals surface area (Å²) in [6.45, 7) is 2.82. The topological polar surface area (TPSA) is 86.8 Å². The van der Waals surface area contributed by atoms with Crippen LogP contribution in [-0.2, 0) is 26.2 Å². The third kappa shape index (κ3) is 6.83. The minimum atomic E-state index is -4.14. The summed E-state index contributed by atoms with van der Waals surface area (Å²) in [4.78, 5) is 28.6. The maximum atomic E-state index is 13.8. The van der Waals surface area contributed by atoms with Gasteiger partial charge in [-0.1, -0.05) is 47.0 Å². The molecule has 1 N–H and O–H groups in total. The van der Waals surface area contributed by atoms with Crippen molar-refractivity contribution < 1.29 is 18.0 Å². The van der Waals surface area contributed by atoms with E-state index in [2.05, 4.69) is 5.32 Å². The van der Waals surface area contributed by atoms with Gasteiger partial charge in [0.2, 0.25) is 11.8 Å². The molecular weight excluding hydrogens is 565 g/mol. The molecule has 7 nitrogen and oxygen atoms in total. The predicted molar refractivity (Wildman–Crippen MR) is 154 cm³/mol. The molecule has 0 saturated carbocycles. The Hall–Kier alpha value is -2.72. The number of rotatable bonds is 10. The standard InChI is InChI=1S/C27H29Cl2N3O4S2/c1-18-8-10-20(11-9-18)32(38(35,36)22-14-12-21(37-4)13-15-22)17-26(33)31(19(2)27(34)30-3)16-23-24(28)6-5-7-25(23)29/h5-15,19H,16-17H2,1-4H3,(H,30,34)/t19-/m0/s1. The number of nitrogens with one attached hydrogen (secondary N) is 1. The number of hydrogen-bond acceptors (Lipinski definition) is 5. The highest BCUT2D eigenvalue weighted by Gasteiger charge is 2.33. The third-order valence-corrected chi connectivity index (χ3v) is 9.29. The van der Waals surface area contributed by atoms with E-state index in [1.54, 1.807) is 61.5 Å². The molecule has 0 saturated heterocycles. The van der Waals surface area contributed by atoms with Crippen LogP contribution in [0, 0.1) is 6.92 Å². The number of carbonyl (C=O) groups is 2. The first-order chi connectivity index (χ1) is 18.0. The molecule has 0 spiro atoms. The highest BCUT2D eigenvalue weighted by atomic mass is 35.5. The largest absolute Gasteiger partial charge is 0.357 e. The molecular formula is C27H29Cl2N3O4S2. The minimum absolute atomic E-state index is 0.0451. The second kappa shape index (κ2) is 12.9. The van der Waals surface area contributed by atoms with Crippen LogP contribution < -0.4 is 9.62 Å². The number of hydrogen-bond donors (Lipinski definition) is 1. The second-order valence-corrected chi connectivity index (χ2v) is 12.1. The number of amides is 2. The van der Waals surface area contributed by atoms with Gasteiger partial charge < -0.3 is 10.2 Å². The number of carbonyl (C=O) groups excluding carboxylic acids is 2. The number of aryl methyl sites for hydroxylation is 1. The molecule has 0 radical (unpaired) electrons. The van der Waals surface area contributed by atoms with E-state index in [0.717, 1.165) is 14.8 Å². The lowest BCUT2D eigenvalue weighted by atomic mass is 10.1. The Morgan fingerprint density at radius 1 is 0.974 bits per heavy atom. The first-order valence-electron chi connectivity index (χ1n) is 11.7. The number of nitrogens with zero attached hydrogens (tertiary/aromatic N) is 2. The highest BCUT2D eigenvalue weighted by Crippen LogP contribution is 2.29. The lowest BCUT2D eigenvalue weighted by Crippen LogP contribution is -2.50. The zero-order valence-electron chi connectivity index (χ0n) is 21.4. The summed E-state index contributed by atoms with van der Waals surface area (Å²) < 4.78 is 28.7. The van der Waals surface area contributed by atoms with Gasteiger partial charge >= 0.3 is 0 Å². The van der Waals surface area contributed by atoms with Crippen molar-refractivity contribution in [3.63, 3.8) is 0 Å². The second-order valence-electron chi connectivity index (χ2n) is 8.53. The number of thioether (sulfide) groups is 1. The van der Waals surface area contributed by atoms with Crippen molar-refractivity contribution in [3.05, 3.63) is 87.9 Å². The highest BCUT2D eigenvalue weighted by molar-refractivity contribution is 7.98. The monoisotopic (exact) mass is 593 g/mol. The normalized spacial score (nSPS) is 12.1. The molecule has 0 fully saturated rings. The van der Waals surface area contributed by atoms with E-state index < -0.39 is 34.4 Å². The van der Waals surface area contributed by atoms with E-state index in [1.165, 1.54) is 35.8 Å². The number of likely N-dealkylation sites (N-methyl/N-ethyl adjacent to an activating group) is 1. The molecule has 3 rings (SSSR count). The van der Waals surface area contributed by atoms with Gasteiger partial charge in [-0.05, 0) is 68.6 Å². The Morgan fingerprint density at radius 3 is 2.08 bits per heavy atom. The number of halogens is 2. The Morgan fingerprint density at radius 2 is 1.55 bits per heavy atom. The SMILES string of the molecule is CNC(=O)[C@H](C)N(Cc1c(Cl)cccc1Cl)C(=O)CN(c1ccc(C)cc1)S(=O)(=O)c1ccc(SC)cc1. The van der Waals surface area contributed by atoms with Crippen molar-refractivity contribution in [1.82, 2.24) is 10.2 Å². The molecule has 202 valence electrons. The molecule has 0 aliphatic rings. The molecule has 0 heterocycles. The van der Waals surface area contributed by atoms with Crippen LogP contribution in [0.2, 0.25) is 10.0 Å². The van der Waals surface area contributed by atoms with Crippen LogP contribution in [0.25, 0.3) is 0 Å². The van der Waals surface area contributed by atoms with Crippen molar-refractivity contribution >= 4 is 62.5 Å². The summed E-state index contributed by atoms with van der Waals surface area (Å²) in [6.07, 6.45) is 1.90. The van der Waals surface area contributed by atoms with Crippen LogP contribution in [0.15, 0.2) is 76.5 Å². The average molecular weight is 595 g/mol. The van der Waals surface area contributed by atoms with Gasteiger partial charge in [-0.25, -0.2) is 8.42 Å². The molecule has 3 aromatic carbocycles. The molecule has 0 bridgehead atoms. The number of sulfonamides is 1. The first kappa shape index (κ1) is 29.8. The molecule has 38 heavy (non-hydrogen) atoms. The number of anilines is 1. The van der Waals surface area contributed by atoms with E-state index in [1.807, 2.05) is 13.2 Å². The van der Waals surface area contributed by atoms with Gasteiger partial charge in [0.1, 0.15) is 12.6 Å². The summed E-state index contributed by atoms with van der Waals surface area (Å²) in [5.41, 5.74) is 1.71. The van der Waals surface area contributed by atoms with Gasteiger partial charge in [0.15, 0.2) is 0 Å². The molecule has 3 aromatic rings. The molecule has 0 aliphatic carbocycles. The van der Waals surface area contributed by atoms with Crippen molar-refractivity contribution in [2.45, 2.75) is 36.2 Å². The van der Waals surface area contributed by atoms with Crippen molar-refractivity contribution in [2.75, 3.05) is 24.2 Å². The Balaban J connectivity index is 2.06. The van der Waals surface area contributed by atoms with E-state index in [9.17, 15) is 18.0 Å². The van der Waals surface area contributed by atoms with Gasteiger partial charge in [0.25, 0.3) is 10.0 Å². The molecule has 0 aromatic heterocycles. The van der Waals surface area contributed by atoms with Gasteiger partial charge in [-0.2, -0.15) is 0 Å². The van der Waals surface area contributed by atoms with Crippen LogP contribution in [0.1, 0.15) is 18.1 Å². The lowest BCUT2D eigenvalue weighted by molar-refractivity contribution is -0.139. The third-order valence-electron chi connectivity index (χ3n) is 6.05. The maximum Gasteiger partial charge on any atom is 0.264 e. The van der Waals surface area contributed by atoms with Crippen LogP contribution in [-0.4, -0.2) is 51.0 Å². The summed E-state index contributed by atoms with van der Waals surface area (Å²) in [5, 5.41) is 3.20. The maximum absolute atomic E-state index is 13.8. The summed E-state index contributed by atoms with van der Waals surface area (Å²) >= 11 is 14.2. The Kier molecular flexibility index (Phi) is 10.1. The molecule has 0 aliphatic heterocycles. The summed E-state index contributed by atoms with van der Waals surface area (Å²) in [7, 11) is -2.67. The van der Waals surface area contributed by atoms with Crippen LogP contribution >= 0.6 is 35.0 Å². The van der Waals surface area contributed by atoms with E-state index >= 15 is 0 Å².